The number of halogens is 1. The molecule has 1 atom stereocenters. The van der Waals surface area contributed by atoms with E-state index in [0.717, 1.165) is 6.42 Å². The van der Waals surface area contributed by atoms with Crippen LogP contribution in [0.2, 0.25) is 0 Å². The molecule has 0 spiro atoms. The molecule has 2 nitrogen and oxygen atoms in total. The third-order valence-corrected chi connectivity index (χ3v) is 3.68. The molecule has 3 heteroatoms. The van der Waals surface area contributed by atoms with Gasteiger partial charge in [0.1, 0.15) is 0 Å². The molecule has 1 unspecified atom stereocenters. The SMILES string of the molecule is NC1(N)CCCCC1I. The minimum atomic E-state index is -0.376. The number of hydrogen-bond donors (Lipinski definition) is 2. The average Bonchev–Trinajstić information content (AvgIpc) is 1.77. The molecule has 0 aromatic heterocycles. The Hall–Kier alpha value is 0.650. The van der Waals surface area contributed by atoms with Crippen molar-refractivity contribution in [2.24, 2.45) is 11.5 Å². The Balaban J connectivity index is 2.49. The summed E-state index contributed by atoms with van der Waals surface area (Å²) in [6.07, 6.45) is 4.67. The van der Waals surface area contributed by atoms with Crippen LogP contribution < -0.4 is 11.5 Å². The van der Waals surface area contributed by atoms with Gasteiger partial charge in [-0.3, -0.25) is 0 Å². The van der Waals surface area contributed by atoms with Crippen LogP contribution >= 0.6 is 22.6 Å². The van der Waals surface area contributed by atoms with Crippen molar-refractivity contribution in [1.82, 2.24) is 0 Å². The van der Waals surface area contributed by atoms with Gasteiger partial charge in [-0.2, -0.15) is 0 Å². The Kier molecular flexibility index (Phi) is 2.34. The van der Waals surface area contributed by atoms with E-state index in [1.807, 2.05) is 0 Å². The van der Waals surface area contributed by atoms with Crippen LogP contribution in [0.3, 0.4) is 0 Å². The Morgan fingerprint density at radius 3 is 2.33 bits per heavy atom. The van der Waals surface area contributed by atoms with Gasteiger partial charge in [0.25, 0.3) is 0 Å². The average molecular weight is 240 g/mol. The molecule has 4 N–H and O–H groups in total. The van der Waals surface area contributed by atoms with Gasteiger partial charge in [0.05, 0.1) is 5.66 Å². The minimum absolute atomic E-state index is 0.376. The highest BCUT2D eigenvalue weighted by Gasteiger charge is 2.30. The fraction of sp³-hybridized carbons (Fsp3) is 1.00. The first-order valence-corrected chi connectivity index (χ1v) is 4.59. The first kappa shape index (κ1) is 7.75. The second-order valence-electron chi connectivity index (χ2n) is 2.83. The summed E-state index contributed by atoms with van der Waals surface area (Å²) < 4.78 is 0.476. The maximum absolute atomic E-state index is 5.79. The van der Waals surface area contributed by atoms with Crippen LogP contribution in [-0.2, 0) is 0 Å². The Morgan fingerprint density at radius 1 is 1.33 bits per heavy atom. The van der Waals surface area contributed by atoms with Gasteiger partial charge in [0.2, 0.25) is 0 Å². The molecule has 0 heterocycles. The molecule has 0 aliphatic heterocycles. The molecular weight excluding hydrogens is 227 g/mol. The lowest BCUT2D eigenvalue weighted by Crippen LogP contribution is -2.57. The van der Waals surface area contributed by atoms with Gasteiger partial charge >= 0.3 is 0 Å². The summed E-state index contributed by atoms with van der Waals surface area (Å²) in [4.78, 5) is 0. The zero-order chi connectivity index (χ0) is 6.91. The number of nitrogens with two attached hydrogens (primary N) is 2. The lowest BCUT2D eigenvalue weighted by atomic mass is 9.91. The van der Waals surface area contributed by atoms with Crippen LogP contribution in [0, 0.1) is 0 Å². The standard InChI is InChI=1S/C6H13IN2/c7-5-3-1-2-4-6(5,8)9/h5H,1-4,8-9H2. The molecule has 0 saturated heterocycles. The van der Waals surface area contributed by atoms with E-state index in [1.54, 1.807) is 0 Å². The van der Waals surface area contributed by atoms with Crippen molar-refractivity contribution in [2.45, 2.75) is 35.3 Å². The fourth-order valence-electron chi connectivity index (χ4n) is 1.18. The van der Waals surface area contributed by atoms with Crippen molar-refractivity contribution in [2.75, 3.05) is 0 Å². The topological polar surface area (TPSA) is 52.0 Å². The number of hydrogen-bond acceptors (Lipinski definition) is 2. The second kappa shape index (κ2) is 2.72. The Morgan fingerprint density at radius 2 is 2.00 bits per heavy atom. The second-order valence-corrected chi connectivity index (χ2v) is 4.33. The molecule has 1 aliphatic rings. The zero-order valence-electron chi connectivity index (χ0n) is 5.44. The van der Waals surface area contributed by atoms with Crippen LogP contribution in [0.25, 0.3) is 0 Å². The van der Waals surface area contributed by atoms with Gasteiger partial charge < -0.3 is 11.5 Å². The van der Waals surface area contributed by atoms with Gasteiger partial charge in [-0.25, -0.2) is 0 Å². The Bertz CT molecular complexity index is 103. The summed E-state index contributed by atoms with van der Waals surface area (Å²) in [6, 6.07) is 0. The molecule has 54 valence electrons. The van der Waals surface area contributed by atoms with Crippen LogP contribution in [0.5, 0.6) is 0 Å². The minimum Gasteiger partial charge on any atom is -0.313 e. The van der Waals surface area contributed by atoms with Crippen molar-refractivity contribution in [1.29, 1.82) is 0 Å². The smallest absolute Gasteiger partial charge is 0.0757 e. The van der Waals surface area contributed by atoms with Crippen molar-refractivity contribution in [3.63, 3.8) is 0 Å². The van der Waals surface area contributed by atoms with E-state index < -0.39 is 0 Å². The van der Waals surface area contributed by atoms with Crippen LogP contribution in [0.1, 0.15) is 25.7 Å². The predicted octanol–water partition coefficient (Wildman–Crippen LogP) is 0.978. The van der Waals surface area contributed by atoms with Gasteiger partial charge in [-0.15, -0.1) is 0 Å². The molecule has 1 rings (SSSR count). The van der Waals surface area contributed by atoms with Gasteiger partial charge in [0.15, 0.2) is 0 Å². The number of alkyl halides is 1. The molecule has 0 aromatic rings. The summed E-state index contributed by atoms with van der Waals surface area (Å²) in [6.45, 7) is 0. The van der Waals surface area contributed by atoms with E-state index in [2.05, 4.69) is 22.6 Å². The van der Waals surface area contributed by atoms with E-state index >= 15 is 0 Å². The molecule has 1 fully saturated rings. The molecule has 9 heavy (non-hydrogen) atoms. The van der Waals surface area contributed by atoms with Crippen LogP contribution in [0.4, 0.5) is 0 Å². The normalized spacial score (nSPS) is 34.3. The molecule has 0 radical (unpaired) electrons. The van der Waals surface area contributed by atoms with E-state index in [-0.39, 0.29) is 5.66 Å². The molecule has 1 saturated carbocycles. The van der Waals surface area contributed by atoms with Gasteiger partial charge in [0, 0.05) is 3.92 Å². The van der Waals surface area contributed by atoms with Crippen LogP contribution in [0.15, 0.2) is 0 Å². The molecule has 0 bridgehead atoms. The lowest BCUT2D eigenvalue weighted by Gasteiger charge is -2.34. The fourth-order valence-corrected chi connectivity index (χ4v) is 1.93. The largest absolute Gasteiger partial charge is 0.313 e. The zero-order valence-corrected chi connectivity index (χ0v) is 7.60. The van der Waals surface area contributed by atoms with Gasteiger partial charge in [-0.05, 0) is 12.8 Å². The van der Waals surface area contributed by atoms with Crippen molar-refractivity contribution < 1.29 is 0 Å². The first-order valence-electron chi connectivity index (χ1n) is 3.35. The highest BCUT2D eigenvalue weighted by molar-refractivity contribution is 14.1. The van der Waals surface area contributed by atoms with E-state index in [0.29, 0.717) is 3.92 Å². The van der Waals surface area contributed by atoms with E-state index in [4.69, 9.17) is 11.5 Å². The highest BCUT2D eigenvalue weighted by Crippen LogP contribution is 2.27. The van der Waals surface area contributed by atoms with E-state index in [1.165, 1.54) is 19.3 Å². The number of rotatable bonds is 0. The molecule has 0 aromatic carbocycles. The highest BCUT2D eigenvalue weighted by atomic mass is 127. The maximum Gasteiger partial charge on any atom is 0.0757 e. The summed E-state index contributed by atoms with van der Waals surface area (Å²) >= 11 is 2.35. The van der Waals surface area contributed by atoms with Crippen molar-refractivity contribution >= 4 is 22.6 Å². The quantitative estimate of drug-likeness (QED) is 0.376. The van der Waals surface area contributed by atoms with E-state index in [9.17, 15) is 0 Å². The summed E-state index contributed by atoms with van der Waals surface area (Å²) in [5.41, 5.74) is 11.2. The molecule has 0 amide bonds. The third-order valence-electron chi connectivity index (χ3n) is 1.90. The molecule has 1 aliphatic carbocycles. The van der Waals surface area contributed by atoms with Crippen molar-refractivity contribution in [3.8, 4) is 0 Å². The lowest BCUT2D eigenvalue weighted by molar-refractivity contribution is 0.327. The third kappa shape index (κ3) is 1.78. The summed E-state index contributed by atoms with van der Waals surface area (Å²) in [5.74, 6) is 0. The summed E-state index contributed by atoms with van der Waals surface area (Å²) in [7, 11) is 0. The predicted molar refractivity (Wildman–Crippen MR) is 47.4 cm³/mol. The monoisotopic (exact) mass is 240 g/mol. The first-order chi connectivity index (χ1) is 4.13. The van der Waals surface area contributed by atoms with Crippen molar-refractivity contribution in [3.05, 3.63) is 0 Å². The van der Waals surface area contributed by atoms with Crippen LogP contribution in [-0.4, -0.2) is 9.59 Å². The molecular formula is C6H13IN2. The maximum atomic E-state index is 5.79. The Labute approximate surface area is 69.5 Å². The van der Waals surface area contributed by atoms with Gasteiger partial charge in [-0.1, -0.05) is 35.4 Å². The summed E-state index contributed by atoms with van der Waals surface area (Å²) in [5, 5.41) is 0.